The first-order valence-corrected chi connectivity index (χ1v) is 8.00. The minimum Gasteiger partial charge on any atom is -0.311 e. The van der Waals surface area contributed by atoms with Crippen molar-refractivity contribution in [3.8, 4) is 0 Å². The summed E-state index contributed by atoms with van der Waals surface area (Å²) in [6.07, 6.45) is 0.877. The van der Waals surface area contributed by atoms with Gasteiger partial charge in [-0.1, -0.05) is 18.2 Å². The second-order valence-electron chi connectivity index (χ2n) is 5.41. The number of hydrogen-bond acceptors (Lipinski definition) is 4. The molecular weight excluding hydrogens is 282 g/mol. The van der Waals surface area contributed by atoms with Gasteiger partial charge in [-0.15, -0.1) is 11.3 Å². The van der Waals surface area contributed by atoms with E-state index in [9.17, 15) is 4.79 Å². The van der Waals surface area contributed by atoms with Crippen LogP contribution in [0, 0.1) is 6.92 Å². The zero-order chi connectivity index (χ0) is 14.8. The van der Waals surface area contributed by atoms with E-state index in [0.717, 1.165) is 30.9 Å². The van der Waals surface area contributed by atoms with Gasteiger partial charge >= 0.3 is 0 Å². The molecule has 1 aromatic carbocycles. The first-order chi connectivity index (χ1) is 10.2. The number of benzene rings is 1. The van der Waals surface area contributed by atoms with Crippen LogP contribution >= 0.6 is 11.3 Å². The van der Waals surface area contributed by atoms with Gasteiger partial charge in [-0.3, -0.25) is 9.69 Å². The van der Waals surface area contributed by atoms with E-state index in [2.05, 4.69) is 9.88 Å². The van der Waals surface area contributed by atoms with Crippen LogP contribution < -0.4 is 4.90 Å². The lowest BCUT2D eigenvalue weighted by molar-refractivity contribution is -0.121. The highest BCUT2D eigenvalue weighted by Gasteiger charge is 2.35. The monoisotopic (exact) mass is 301 g/mol. The summed E-state index contributed by atoms with van der Waals surface area (Å²) < 4.78 is 0. The van der Waals surface area contributed by atoms with Crippen LogP contribution in [0.2, 0.25) is 0 Å². The molecule has 0 spiro atoms. The maximum absolute atomic E-state index is 12.6. The van der Waals surface area contributed by atoms with Gasteiger partial charge in [0.1, 0.15) is 0 Å². The third kappa shape index (κ3) is 2.84. The number of aryl methyl sites for hydroxylation is 1. The van der Waals surface area contributed by atoms with E-state index < -0.39 is 0 Å². The normalized spacial score (nSPS) is 18.7. The zero-order valence-corrected chi connectivity index (χ0v) is 13.1. The van der Waals surface area contributed by atoms with Crippen LogP contribution in [-0.4, -0.2) is 35.4 Å². The molecule has 0 N–H and O–H groups in total. The van der Waals surface area contributed by atoms with Crippen LogP contribution in [0.4, 0.5) is 5.69 Å². The summed E-state index contributed by atoms with van der Waals surface area (Å²) >= 11 is 1.66. The first-order valence-electron chi connectivity index (χ1n) is 7.12. The number of aromatic nitrogens is 1. The first kappa shape index (κ1) is 14.2. The SMILES string of the molecule is Cc1ncsc1CN(C)[C@H]1CCN(c2ccccc2)C1=O. The Balaban J connectivity index is 1.70. The van der Waals surface area contributed by atoms with Crippen LogP contribution in [0.15, 0.2) is 35.8 Å². The predicted molar refractivity (Wildman–Crippen MR) is 85.5 cm³/mol. The maximum Gasteiger partial charge on any atom is 0.244 e. The van der Waals surface area contributed by atoms with Crippen molar-refractivity contribution in [1.29, 1.82) is 0 Å². The number of carbonyl (C=O) groups is 1. The lowest BCUT2D eigenvalue weighted by Gasteiger charge is -2.23. The average Bonchev–Trinajstić information content (AvgIpc) is 3.06. The van der Waals surface area contributed by atoms with Gasteiger partial charge < -0.3 is 4.90 Å². The van der Waals surface area contributed by atoms with Gasteiger partial charge in [0.05, 0.1) is 17.2 Å². The molecule has 1 fully saturated rings. The Bertz CT molecular complexity index is 625. The molecule has 3 rings (SSSR count). The van der Waals surface area contributed by atoms with Crippen LogP contribution in [0.1, 0.15) is 17.0 Å². The van der Waals surface area contributed by atoms with E-state index >= 15 is 0 Å². The molecule has 0 bridgehead atoms. The number of thiazole rings is 1. The van der Waals surface area contributed by atoms with Crippen molar-refractivity contribution in [2.45, 2.75) is 25.9 Å². The summed E-state index contributed by atoms with van der Waals surface area (Å²) in [4.78, 5) is 22.2. The van der Waals surface area contributed by atoms with Crippen molar-refractivity contribution in [2.24, 2.45) is 0 Å². The second kappa shape index (κ2) is 5.95. The Morgan fingerprint density at radius 1 is 1.38 bits per heavy atom. The molecular formula is C16H19N3OS. The number of rotatable bonds is 4. The lowest BCUT2D eigenvalue weighted by Crippen LogP contribution is -2.39. The Labute approximate surface area is 129 Å². The molecule has 0 aliphatic carbocycles. The smallest absolute Gasteiger partial charge is 0.244 e. The topological polar surface area (TPSA) is 36.4 Å². The molecule has 2 heterocycles. The van der Waals surface area contributed by atoms with Crippen LogP contribution in [0.3, 0.4) is 0 Å². The summed E-state index contributed by atoms with van der Waals surface area (Å²) in [5.41, 5.74) is 3.93. The second-order valence-corrected chi connectivity index (χ2v) is 6.35. The maximum atomic E-state index is 12.6. The highest BCUT2D eigenvalue weighted by atomic mass is 32.1. The molecule has 1 aromatic heterocycles. The largest absolute Gasteiger partial charge is 0.311 e. The van der Waals surface area contributed by atoms with Crippen molar-refractivity contribution < 1.29 is 4.79 Å². The fourth-order valence-corrected chi connectivity index (χ4v) is 3.59. The number of anilines is 1. The number of amides is 1. The van der Waals surface area contributed by atoms with Crippen molar-refractivity contribution in [1.82, 2.24) is 9.88 Å². The summed E-state index contributed by atoms with van der Waals surface area (Å²) in [7, 11) is 2.02. The number of para-hydroxylation sites is 1. The molecule has 21 heavy (non-hydrogen) atoms. The van der Waals surface area contributed by atoms with Crippen molar-refractivity contribution in [2.75, 3.05) is 18.5 Å². The fraction of sp³-hybridized carbons (Fsp3) is 0.375. The van der Waals surface area contributed by atoms with Crippen molar-refractivity contribution >= 4 is 22.9 Å². The van der Waals surface area contributed by atoms with E-state index in [0.29, 0.717) is 0 Å². The standard InChI is InChI=1S/C16H19N3OS/c1-12-15(21-11-17-12)10-18(2)14-8-9-19(16(14)20)13-6-4-3-5-7-13/h3-7,11,14H,8-10H2,1-2H3/t14-/m0/s1. The van der Waals surface area contributed by atoms with Gasteiger partial charge in [-0.25, -0.2) is 4.98 Å². The van der Waals surface area contributed by atoms with Crippen LogP contribution in [-0.2, 0) is 11.3 Å². The van der Waals surface area contributed by atoms with Gasteiger partial charge in [0.15, 0.2) is 0 Å². The van der Waals surface area contributed by atoms with Crippen LogP contribution in [0.5, 0.6) is 0 Å². The van der Waals surface area contributed by atoms with E-state index in [1.54, 1.807) is 11.3 Å². The van der Waals surface area contributed by atoms with Crippen molar-refractivity contribution in [3.05, 3.63) is 46.4 Å². The lowest BCUT2D eigenvalue weighted by atomic mass is 10.2. The van der Waals surface area contributed by atoms with Gasteiger partial charge in [-0.05, 0) is 32.5 Å². The minimum atomic E-state index is -0.0355. The zero-order valence-electron chi connectivity index (χ0n) is 12.3. The fourth-order valence-electron chi connectivity index (χ4n) is 2.75. The molecule has 2 aromatic rings. The Kier molecular flexibility index (Phi) is 4.03. The third-order valence-electron chi connectivity index (χ3n) is 4.02. The van der Waals surface area contributed by atoms with E-state index in [1.807, 2.05) is 54.7 Å². The van der Waals surface area contributed by atoms with Crippen molar-refractivity contribution in [3.63, 3.8) is 0 Å². The van der Waals surface area contributed by atoms with Gasteiger partial charge in [0.2, 0.25) is 5.91 Å². The van der Waals surface area contributed by atoms with Gasteiger partial charge in [0.25, 0.3) is 0 Å². The molecule has 1 aliphatic rings. The summed E-state index contributed by atoms with van der Waals surface area (Å²) in [5, 5.41) is 0. The Morgan fingerprint density at radius 2 is 2.14 bits per heavy atom. The summed E-state index contributed by atoms with van der Waals surface area (Å²) in [5.74, 6) is 0.200. The summed E-state index contributed by atoms with van der Waals surface area (Å²) in [6.45, 7) is 3.60. The number of nitrogens with zero attached hydrogens (tertiary/aromatic N) is 3. The molecule has 0 saturated carbocycles. The quantitative estimate of drug-likeness (QED) is 0.871. The molecule has 4 nitrogen and oxygen atoms in total. The van der Waals surface area contributed by atoms with E-state index in [1.165, 1.54) is 4.88 Å². The highest BCUT2D eigenvalue weighted by molar-refractivity contribution is 7.09. The molecule has 5 heteroatoms. The third-order valence-corrected chi connectivity index (χ3v) is 4.93. The van der Waals surface area contributed by atoms with Crippen LogP contribution in [0.25, 0.3) is 0 Å². The highest BCUT2D eigenvalue weighted by Crippen LogP contribution is 2.25. The molecule has 1 aliphatic heterocycles. The Morgan fingerprint density at radius 3 is 2.81 bits per heavy atom. The predicted octanol–water partition coefficient (Wildman–Crippen LogP) is 2.69. The van der Waals surface area contributed by atoms with E-state index in [4.69, 9.17) is 0 Å². The van der Waals surface area contributed by atoms with E-state index in [-0.39, 0.29) is 11.9 Å². The molecule has 0 radical (unpaired) electrons. The molecule has 1 amide bonds. The molecule has 1 atom stereocenters. The Hall–Kier alpha value is -1.72. The number of carbonyl (C=O) groups excluding carboxylic acids is 1. The number of likely N-dealkylation sites (N-methyl/N-ethyl adjacent to an activating group) is 1. The molecule has 0 unspecified atom stereocenters. The van der Waals surface area contributed by atoms with Gasteiger partial charge in [0, 0.05) is 23.7 Å². The average molecular weight is 301 g/mol. The molecule has 1 saturated heterocycles. The van der Waals surface area contributed by atoms with Gasteiger partial charge in [-0.2, -0.15) is 0 Å². The molecule has 110 valence electrons. The summed E-state index contributed by atoms with van der Waals surface area (Å²) in [6, 6.07) is 9.87. The minimum absolute atomic E-state index is 0.0355. The number of hydrogen-bond donors (Lipinski definition) is 0.